The number of halogens is 1. The Morgan fingerprint density at radius 1 is 1.03 bits per heavy atom. The Hall–Kier alpha value is -3.25. The van der Waals surface area contributed by atoms with E-state index < -0.39 is 0 Å². The quantitative estimate of drug-likeness (QED) is 0.393. The maximum absolute atomic E-state index is 12.9. The van der Waals surface area contributed by atoms with Gasteiger partial charge in [-0.1, -0.05) is 17.7 Å². The lowest BCUT2D eigenvalue weighted by atomic mass is 10.0. The first-order valence-electron chi connectivity index (χ1n) is 11.1. The highest BCUT2D eigenvalue weighted by Gasteiger charge is 2.22. The number of fused-ring (bicyclic) bond motifs is 2. The van der Waals surface area contributed by atoms with E-state index in [0.717, 1.165) is 40.7 Å². The number of benzene rings is 2. The fraction of sp³-hybridized carbons (Fsp3) is 0.308. The van der Waals surface area contributed by atoms with Crippen LogP contribution in [0.15, 0.2) is 56.3 Å². The number of amides is 1. The van der Waals surface area contributed by atoms with Crippen molar-refractivity contribution in [3.05, 3.63) is 74.8 Å². The van der Waals surface area contributed by atoms with Gasteiger partial charge < -0.3 is 18.6 Å². The number of furan rings is 1. The van der Waals surface area contributed by atoms with E-state index in [9.17, 15) is 9.59 Å². The molecule has 2 aromatic carbocycles. The lowest BCUT2D eigenvalue weighted by molar-refractivity contribution is -0.131. The summed E-state index contributed by atoms with van der Waals surface area (Å²) in [5, 5.41) is 2.59. The lowest BCUT2D eigenvalue weighted by Crippen LogP contribution is -2.48. The molecule has 5 rings (SSSR count). The summed E-state index contributed by atoms with van der Waals surface area (Å²) in [6, 6.07) is 11.5. The van der Waals surface area contributed by atoms with Crippen molar-refractivity contribution in [1.82, 2.24) is 4.90 Å². The molecular formula is C26H25ClN2O4. The Morgan fingerprint density at radius 3 is 2.58 bits per heavy atom. The zero-order chi connectivity index (χ0) is 23.1. The molecule has 33 heavy (non-hydrogen) atoms. The molecule has 170 valence electrons. The molecule has 0 radical (unpaired) electrons. The molecule has 4 aromatic rings. The SMILES string of the molecule is Cc1coc2cc3oc(=O)c(CCC(=O)N4CCN(c5cccc(Cl)c5)CC4)c(C)c3cc12. The molecule has 1 amide bonds. The minimum absolute atomic E-state index is 0.0563. The Kier molecular flexibility index (Phi) is 5.62. The Labute approximate surface area is 196 Å². The van der Waals surface area contributed by atoms with Crippen LogP contribution in [0.2, 0.25) is 5.02 Å². The largest absolute Gasteiger partial charge is 0.464 e. The monoisotopic (exact) mass is 464 g/mol. The van der Waals surface area contributed by atoms with Crippen molar-refractivity contribution in [3.63, 3.8) is 0 Å². The van der Waals surface area contributed by atoms with E-state index in [1.807, 2.05) is 49.1 Å². The topological polar surface area (TPSA) is 66.9 Å². The molecule has 7 heteroatoms. The molecule has 0 unspecified atom stereocenters. The molecule has 2 aromatic heterocycles. The van der Waals surface area contributed by atoms with Crippen molar-refractivity contribution in [3.8, 4) is 0 Å². The molecule has 1 aliphatic heterocycles. The van der Waals surface area contributed by atoms with Crippen LogP contribution in [0.5, 0.6) is 0 Å². The van der Waals surface area contributed by atoms with Crippen molar-refractivity contribution in [1.29, 1.82) is 0 Å². The molecule has 3 heterocycles. The van der Waals surface area contributed by atoms with Gasteiger partial charge in [-0.05, 0) is 55.7 Å². The number of nitrogens with zero attached hydrogens (tertiary/aromatic N) is 2. The van der Waals surface area contributed by atoms with Crippen molar-refractivity contribution < 1.29 is 13.6 Å². The lowest BCUT2D eigenvalue weighted by Gasteiger charge is -2.36. The molecular weight excluding hydrogens is 440 g/mol. The highest BCUT2D eigenvalue weighted by Crippen LogP contribution is 2.29. The van der Waals surface area contributed by atoms with Crippen LogP contribution in [0.3, 0.4) is 0 Å². The van der Waals surface area contributed by atoms with Crippen molar-refractivity contribution in [2.24, 2.45) is 0 Å². The van der Waals surface area contributed by atoms with Crippen LogP contribution in [0.4, 0.5) is 5.69 Å². The second kappa shape index (κ2) is 8.60. The molecule has 1 saturated heterocycles. The summed E-state index contributed by atoms with van der Waals surface area (Å²) in [5.41, 5.74) is 4.35. The molecule has 0 aliphatic carbocycles. The van der Waals surface area contributed by atoms with Crippen LogP contribution in [-0.2, 0) is 11.2 Å². The van der Waals surface area contributed by atoms with Gasteiger partial charge in [-0.15, -0.1) is 0 Å². The van der Waals surface area contributed by atoms with Crippen molar-refractivity contribution in [2.75, 3.05) is 31.1 Å². The van der Waals surface area contributed by atoms with Crippen LogP contribution in [0, 0.1) is 13.8 Å². The first kappa shape index (κ1) is 21.6. The number of rotatable bonds is 4. The Morgan fingerprint density at radius 2 is 1.82 bits per heavy atom. The van der Waals surface area contributed by atoms with E-state index in [4.69, 9.17) is 20.4 Å². The number of piperazine rings is 1. The molecule has 0 spiro atoms. The van der Waals surface area contributed by atoms with Crippen LogP contribution >= 0.6 is 11.6 Å². The first-order chi connectivity index (χ1) is 15.9. The van der Waals surface area contributed by atoms with E-state index in [1.54, 1.807) is 12.3 Å². The van der Waals surface area contributed by atoms with E-state index in [1.165, 1.54) is 0 Å². The van der Waals surface area contributed by atoms with E-state index in [0.29, 0.717) is 41.3 Å². The Bertz CT molecular complexity index is 1410. The van der Waals surface area contributed by atoms with Gasteiger partial charge in [-0.3, -0.25) is 4.79 Å². The predicted octanol–water partition coefficient (Wildman–Crippen LogP) is 5.09. The molecule has 1 aliphatic rings. The van der Waals surface area contributed by atoms with Crippen LogP contribution < -0.4 is 10.5 Å². The maximum Gasteiger partial charge on any atom is 0.339 e. The summed E-state index contributed by atoms with van der Waals surface area (Å²) in [6.45, 7) is 6.71. The summed E-state index contributed by atoms with van der Waals surface area (Å²) in [4.78, 5) is 29.7. The van der Waals surface area contributed by atoms with Crippen molar-refractivity contribution in [2.45, 2.75) is 26.7 Å². The van der Waals surface area contributed by atoms with Gasteiger partial charge in [0.1, 0.15) is 11.2 Å². The Balaban J connectivity index is 1.28. The fourth-order valence-corrected chi connectivity index (χ4v) is 4.79. The van der Waals surface area contributed by atoms with E-state index in [-0.39, 0.29) is 18.0 Å². The van der Waals surface area contributed by atoms with Gasteiger partial charge in [-0.25, -0.2) is 4.79 Å². The first-order valence-corrected chi connectivity index (χ1v) is 11.5. The maximum atomic E-state index is 12.9. The van der Waals surface area contributed by atoms with Gasteiger partial charge in [0, 0.05) is 65.7 Å². The van der Waals surface area contributed by atoms with Crippen molar-refractivity contribution >= 4 is 45.1 Å². The molecule has 0 saturated carbocycles. The van der Waals surface area contributed by atoms with Gasteiger partial charge in [0.25, 0.3) is 0 Å². The smallest absolute Gasteiger partial charge is 0.339 e. The third kappa shape index (κ3) is 4.11. The standard InChI is InChI=1S/C26H25ClN2O4/c1-16-15-32-23-14-24-22(13-21(16)23)17(2)20(26(31)33-24)6-7-25(30)29-10-8-28(9-11-29)19-5-3-4-18(27)12-19/h3-5,12-15H,6-11H2,1-2H3. The summed E-state index contributed by atoms with van der Waals surface area (Å²) in [5.74, 6) is 0.0563. The average molecular weight is 465 g/mol. The van der Waals surface area contributed by atoms with Gasteiger partial charge in [-0.2, -0.15) is 0 Å². The summed E-state index contributed by atoms with van der Waals surface area (Å²) in [7, 11) is 0. The fourth-order valence-electron chi connectivity index (χ4n) is 4.60. The number of aryl methyl sites for hydroxylation is 2. The second-order valence-corrected chi connectivity index (χ2v) is 9.04. The molecule has 0 atom stereocenters. The zero-order valence-electron chi connectivity index (χ0n) is 18.7. The van der Waals surface area contributed by atoms with Crippen LogP contribution in [0.25, 0.3) is 21.9 Å². The third-order valence-electron chi connectivity index (χ3n) is 6.57. The van der Waals surface area contributed by atoms with Gasteiger partial charge in [0.2, 0.25) is 5.91 Å². The summed E-state index contributed by atoms with van der Waals surface area (Å²) >= 11 is 6.11. The van der Waals surface area contributed by atoms with Gasteiger partial charge >= 0.3 is 5.63 Å². The number of carbonyl (C=O) groups excluding carboxylic acids is 1. The summed E-state index contributed by atoms with van der Waals surface area (Å²) < 4.78 is 11.1. The van der Waals surface area contributed by atoms with Gasteiger partial charge in [0.05, 0.1) is 6.26 Å². The third-order valence-corrected chi connectivity index (χ3v) is 6.80. The van der Waals surface area contributed by atoms with Gasteiger partial charge in [0.15, 0.2) is 0 Å². The average Bonchev–Trinajstić information content (AvgIpc) is 3.17. The summed E-state index contributed by atoms with van der Waals surface area (Å²) in [6.07, 6.45) is 2.34. The second-order valence-electron chi connectivity index (χ2n) is 8.60. The normalized spacial score (nSPS) is 14.4. The predicted molar refractivity (Wildman–Crippen MR) is 130 cm³/mol. The zero-order valence-corrected chi connectivity index (χ0v) is 19.4. The minimum atomic E-state index is -0.388. The molecule has 0 N–H and O–H groups in total. The van der Waals surface area contributed by atoms with Crippen LogP contribution in [0.1, 0.15) is 23.1 Å². The number of carbonyl (C=O) groups is 1. The van der Waals surface area contributed by atoms with E-state index >= 15 is 0 Å². The van der Waals surface area contributed by atoms with Crippen LogP contribution in [-0.4, -0.2) is 37.0 Å². The minimum Gasteiger partial charge on any atom is -0.464 e. The number of anilines is 1. The molecule has 6 nitrogen and oxygen atoms in total. The molecule has 1 fully saturated rings. The molecule has 0 bridgehead atoms. The number of hydrogen-bond donors (Lipinski definition) is 0. The number of hydrogen-bond acceptors (Lipinski definition) is 5. The highest BCUT2D eigenvalue weighted by molar-refractivity contribution is 6.30. The highest BCUT2D eigenvalue weighted by atomic mass is 35.5. The van der Waals surface area contributed by atoms with E-state index in [2.05, 4.69) is 4.90 Å².